The maximum Gasteiger partial charge on any atom is 0.232 e. The van der Waals surface area contributed by atoms with Crippen LogP contribution in [0.5, 0.6) is 0 Å². The maximum atomic E-state index is 12.2. The van der Waals surface area contributed by atoms with Gasteiger partial charge in [-0.1, -0.05) is 24.3 Å². The number of nitrogens with two attached hydrogens (primary N) is 1. The summed E-state index contributed by atoms with van der Waals surface area (Å²) in [5, 5.41) is 3.32. The molecule has 1 saturated heterocycles. The molecule has 1 fully saturated rings. The number of carbonyl (C=O) groups is 1. The second-order valence-electron chi connectivity index (χ2n) is 5.34. The summed E-state index contributed by atoms with van der Waals surface area (Å²) in [5.41, 5.74) is 6.82. The van der Waals surface area contributed by atoms with Crippen molar-refractivity contribution >= 4 is 36.9 Å². The van der Waals surface area contributed by atoms with Crippen LogP contribution in [0.25, 0.3) is 0 Å². The molecule has 2 unspecified atom stereocenters. The summed E-state index contributed by atoms with van der Waals surface area (Å²) in [7, 11) is 0. The van der Waals surface area contributed by atoms with Gasteiger partial charge in [-0.15, -0.1) is 24.8 Å². The van der Waals surface area contributed by atoms with Gasteiger partial charge in [-0.3, -0.25) is 9.79 Å². The number of halogens is 2. The van der Waals surface area contributed by atoms with Gasteiger partial charge in [0.2, 0.25) is 5.91 Å². The van der Waals surface area contributed by atoms with Crippen molar-refractivity contribution in [1.82, 2.24) is 5.32 Å². The van der Waals surface area contributed by atoms with Gasteiger partial charge in [-0.2, -0.15) is 0 Å². The number of hydrogen-bond acceptors (Lipinski definition) is 4. The minimum atomic E-state index is -0.834. The van der Waals surface area contributed by atoms with E-state index in [1.54, 1.807) is 18.5 Å². The van der Waals surface area contributed by atoms with Crippen molar-refractivity contribution < 1.29 is 9.53 Å². The minimum Gasteiger partial charge on any atom is -0.371 e. The highest BCUT2D eigenvalue weighted by atomic mass is 35.5. The van der Waals surface area contributed by atoms with Crippen molar-refractivity contribution in [2.24, 2.45) is 10.7 Å². The zero-order valence-corrected chi connectivity index (χ0v) is 14.2. The number of ether oxygens (including phenoxy) is 1. The van der Waals surface area contributed by atoms with E-state index in [1.165, 1.54) is 0 Å². The number of nitrogens with zero attached hydrogens (tertiary/aromatic N) is 1. The fourth-order valence-electron chi connectivity index (χ4n) is 2.96. The molecule has 2 aliphatic heterocycles. The molecule has 1 amide bonds. The summed E-state index contributed by atoms with van der Waals surface area (Å²) in [6.45, 7) is 2.26. The van der Waals surface area contributed by atoms with E-state index in [1.807, 2.05) is 24.3 Å². The monoisotopic (exact) mass is 357 g/mol. The smallest absolute Gasteiger partial charge is 0.232 e. The molecule has 3 N–H and O–H groups in total. The van der Waals surface area contributed by atoms with E-state index in [9.17, 15) is 4.79 Å². The molecule has 1 aromatic rings. The van der Waals surface area contributed by atoms with Crippen molar-refractivity contribution in [1.29, 1.82) is 0 Å². The highest BCUT2D eigenvalue weighted by molar-refractivity contribution is 5.93. The number of hydrogen-bond donors (Lipinski definition) is 2. The Morgan fingerprint density at radius 1 is 1.35 bits per heavy atom. The summed E-state index contributed by atoms with van der Waals surface area (Å²) in [6, 6.07) is 7.87. The molecule has 2 atom stereocenters. The van der Waals surface area contributed by atoms with Crippen molar-refractivity contribution in [3.8, 4) is 0 Å². The molecule has 126 valence electrons. The Morgan fingerprint density at radius 3 is 2.74 bits per heavy atom. The molecule has 5 nitrogen and oxygen atoms in total. The summed E-state index contributed by atoms with van der Waals surface area (Å²) in [5.74, 6) is -0.360. The second-order valence-corrected chi connectivity index (χ2v) is 5.34. The minimum absolute atomic E-state index is 0. The van der Waals surface area contributed by atoms with Gasteiger partial charge in [0.1, 0.15) is 0 Å². The maximum absolute atomic E-state index is 12.2. The topological polar surface area (TPSA) is 76.7 Å². The third-order valence-corrected chi connectivity index (χ3v) is 4.12. The molecule has 2 aliphatic rings. The third kappa shape index (κ3) is 3.75. The molecular formula is C16H21Cl2N3O2. The molecule has 1 aromatic carbocycles. The van der Waals surface area contributed by atoms with Gasteiger partial charge < -0.3 is 15.8 Å². The summed E-state index contributed by atoms with van der Waals surface area (Å²) < 4.78 is 5.85. The molecule has 23 heavy (non-hydrogen) atoms. The van der Waals surface area contributed by atoms with Gasteiger partial charge in [-0.25, -0.2) is 0 Å². The summed E-state index contributed by atoms with van der Waals surface area (Å²) in [6.07, 6.45) is 5.60. The van der Waals surface area contributed by atoms with E-state index in [0.29, 0.717) is 13.0 Å². The van der Waals surface area contributed by atoms with Gasteiger partial charge in [0, 0.05) is 31.9 Å². The van der Waals surface area contributed by atoms with Crippen molar-refractivity contribution in [3.05, 3.63) is 47.7 Å². The van der Waals surface area contributed by atoms with E-state index in [2.05, 4.69) is 10.3 Å². The number of nitrogens with one attached hydrogen (secondary N) is 1. The fourth-order valence-corrected chi connectivity index (χ4v) is 2.96. The molecule has 0 saturated carbocycles. The van der Waals surface area contributed by atoms with Crippen LogP contribution in [0.2, 0.25) is 0 Å². The number of morpholine rings is 1. The normalized spacial score (nSPS) is 26.0. The Hall–Kier alpha value is -1.40. The van der Waals surface area contributed by atoms with Crippen LogP contribution in [-0.2, 0) is 14.9 Å². The first-order valence-corrected chi connectivity index (χ1v) is 7.15. The van der Waals surface area contributed by atoms with Crippen LogP contribution in [0, 0.1) is 0 Å². The Bertz CT molecular complexity index is 601. The highest BCUT2D eigenvalue weighted by Gasteiger charge is 2.39. The number of primary amides is 1. The lowest BCUT2D eigenvalue weighted by molar-refractivity contribution is -0.121. The van der Waals surface area contributed by atoms with Crippen molar-refractivity contribution in [3.63, 3.8) is 0 Å². The van der Waals surface area contributed by atoms with E-state index >= 15 is 0 Å². The predicted octanol–water partition coefficient (Wildman–Crippen LogP) is 1.90. The Morgan fingerprint density at radius 2 is 2.13 bits per heavy atom. The fraction of sp³-hybridized carbons (Fsp3) is 0.375. The SMILES string of the molecule is Cl.Cl.NC(=O)C1(c2ccccc2C2CNCCO2)C=CN=CC1. The van der Waals surface area contributed by atoms with Crippen molar-refractivity contribution in [2.75, 3.05) is 19.7 Å². The number of amides is 1. The average molecular weight is 358 g/mol. The lowest BCUT2D eigenvalue weighted by Gasteiger charge is -2.33. The molecule has 0 aromatic heterocycles. The average Bonchev–Trinajstić information content (AvgIpc) is 2.56. The molecule has 0 spiro atoms. The van der Waals surface area contributed by atoms with Crippen LogP contribution in [-0.4, -0.2) is 31.8 Å². The van der Waals surface area contributed by atoms with E-state index in [0.717, 1.165) is 24.2 Å². The quantitative estimate of drug-likeness (QED) is 0.867. The first-order chi connectivity index (χ1) is 10.2. The highest BCUT2D eigenvalue weighted by Crippen LogP contribution is 2.36. The zero-order chi connectivity index (χ0) is 14.7. The number of carbonyl (C=O) groups excluding carboxylic acids is 1. The first-order valence-electron chi connectivity index (χ1n) is 7.15. The molecule has 0 bridgehead atoms. The molecule has 3 rings (SSSR count). The predicted molar refractivity (Wildman–Crippen MR) is 95.6 cm³/mol. The van der Waals surface area contributed by atoms with E-state index < -0.39 is 5.41 Å². The van der Waals surface area contributed by atoms with Crippen LogP contribution in [0.1, 0.15) is 23.7 Å². The van der Waals surface area contributed by atoms with Crippen LogP contribution in [0.3, 0.4) is 0 Å². The van der Waals surface area contributed by atoms with Crippen LogP contribution >= 0.6 is 24.8 Å². The molecule has 2 heterocycles. The van der Waals surface area contributed by atoms with Gasteiger partial charge in [0.25, 0.3) is 0 Å². The van der Waals surface area contributed by atoms with Gasteiger partial charge in [0.15, 0.2) is 0 Å². The largest absolute Gasteiger partial charge is 0.371 e. The van der Waals surface area contributed by atoms with Crippen LogP contribution < -0.4 is 11.1 Å². The van der Waals surface area contributed by atoms with Crippen LogP contribution in [0.15, 0.2) is 41.5 Å². The number of rotatable bonds is 3. The van der Waals surface area contributed by atoms with E-state index in [-0.39, 0.29) is 36.8 Å². The number of aliphatic imine (C=N–C) groups is 1. The summed E-state index contributed by atoms with van der Waals surface area (Å²) >= 11 is 0. The molecular weight excluding hydrogens is 337 g/mol. The standard InChI is InChI=1S/C16H19N3O2.2ClH/c17-15(20)16(5-7-18-8-6-16)13-4-2-1-3-12(13)14-11-19-9-10-21-14;;/h1-5,7-8,14,19H,6,9-11H2,(H2,17,20);2*1H. The second kappa shape index (κ2) is 8.45. The molecule has 0 aliphatic carbocycles. The number of benzene rings is 1. The molecule has 0 radical (unpaired) electrons. The lowest BCUT2D eigenvalue weighted by atomic mass is 9.73. The molecule has 7 heteroatoms. The lowest BCUT2D eigenvalue weighted by Crippen LogP contribution is -2.42. The Balaban J connectivity index is 0.00000132. The van der Waals surface area contributed by atoms with Crippen LogP contribution in [0.4, 0.5) is 0 Å². The van der Waals surface area contributed by atoms with Gasteiger partial charge in [0.05, 0.1) is 18.1 Å². The van der Waals surface area contributed by atoms with Gasteiger partial charge >= 0.3 is 0 Å². The Kier molecular flexibility index (Phi) is 7.22. The first kappa shape index (κ1) is 19.6. The van der Waals surface area contributed by atoms with E-state index in [4.69, 9.17) is 10.5 Å². The Labute approximate surface area is 148 Å². The summed E-state index contributed by atoms with van der Waals surface area (Å²) in [4.78, 5) is 16.2. The third-order valence-electron chi connectivity index (χ3n) is 4.12. The van der Waals surface area contributed by atoms with Crippen molar-refractivity contribution in [2.45, 2.75) is 17.9 Å². The van der Waals surface area contributed by atoms with Gasteiger partial charge in [-0.05, 0) is 17.2 Å². The zero-order valence-electron chi connectivity index (χ0n) is 12.6.